The SMILES string of the molecule is Cn1ccc(S(=O)(=O)N(CCO)C2CCC2)c1. The van der Waals surface area contributed by atoms with Gasteiger partial charge in [-0.05, 0) is 18.9 Å². The largest absolute Gasteiger partial charge is 0.395 e. The molecule has 5 nitrogen and oxygen atoms in total. The van der Waals surface area contributed by atoms with Crippen LogP contribution >= 0.6 is 0 Å². The Kier molecular flexibility index (Phi) is 3.56. The van der Waals surface area contributed by atoms with Crippen molar-refractivity contribution in [3.63, 3.8) is 0 Å². The first-order chi connectivity index (χ1) is 8.05. The fourth-order valence-electron chi connectivity index (χ4n) is 2.04. The molecule has 2 rings (SSSR count). The number of rotatable bonds is 5. The van der Waals surface area contributed by atoms with Gasteiger partial charge in [0.25, 0.3) is 0 Å². The molecule has 0 aromatic carbocycles. The highest BCUT2D eigenvalue weighted by Gasteiger charge is 2.34. The summed E-state index contributed by atoms with van der Waals surface area (Å²) in [6, 6.07) is 1.66. The second kappa shape index (κ2) is 4.80. The van der Waals surface area contributed by atoms with Gasteiger partial charge in [-0.3, -0.25) is 0 Å². The van der Waals surface area contributed by atoms with Crippen LogP contribution in [0.3, 0.4) is 0 Å². The van der Waals surface area contributed by atoms with Gasteiger partial charge in [-0.15, -0.1) is 0 Å². The molecule has 6 heteroatoms. The third-order valence-corrected chi connectivity index (χ3v) is 5.15. The van der Waals surface area contributed by atoms with Crippen molar-refractivity contribution in [3.05, 3.63) is 18.5 Å². The van der Waals surface area contributed by atoms with Crippen molar-refractivity contribution in [2.75, 3.05) is 13.2 Å². The summed E-state index contributed by atoms with van der Waals surface area (Å²) in [5.74, 6) is 0. The maximum Gasteiger partial charge on any atom is 0.244 e. The minimum absolute atomic E-state index is 0.0624. The van der Waals surface area contributed by atoms with Crippen LogP contribution in [0.5, 0.6) is 0 Å². The first-order valence-electron chi connectivity index (χ1n) is 5.80. The van der Waals surface area contributed by atoms with E-state index in [-0.39, 0.29) is 19.2 Å². The summed E-state index contributed by atoms with van der Waals surface area (Å²) in [6.07, 6.45) is 6.16. The molecule has 0 atom stereocenters. The molecule has 1 aromatic rings. The highest BCUT2D eigenvalue weighted by atomic mass is 32.2. The summed E-state index contributed by atoms with van der Waals surface area (Å²) >= 11 is 0. The fraction of sp³-hybridized carbons (Fsp3) is 0.636. The molecule has 0 radical (unpaired) electrons. The van der Waals surface area contributed by atoms with Crippen molar-refractivity contribution in [1.29, 1.82) is 0 Å². The summed E-state index contributed by atoms with van der Waals surface area (Å²) in [5.41, 5.74) is 0. The zero-order valence-electron chi connectivity index (χ0n) is 9.91. The van der Waals surface area contributed by atoms with E-state index in [0.29, 0.717) is 4.90 Å². The van der Waals surface area contributed by atoms with Crippen molar-refractivity contribution >= 4 is 10.0 Å². The van der Waals surface area contributed by atoms with E-state index in [1.54, 1.807) is 30.1 Å². The van der Waals surface area contributed by atoms with Crippen molar-refractivity contribution in [3.8, 4) is 0 Å². The first kappa shape index (κ1) is 12.6. The van der Waals surface area contributed by atoms with E-state index in [1.165, 1.54) is 4.31 Å². The Labute approximate surface area is 102 Å². The molecule has 1 N–H and O–H groups in total. The first-order valence-corrected chi connectivity index (χ1v) is 7.24. The van der Waals surface area contributed by atoms with E-state index in [2.05, 4.69) is 0 Å². The lowest BCUT2D eigenvalue weighted by atomic mass is 9.93. The van der Waals surface area contributed by atoms with E-state index in [1.807, 2.05) is 0 Å². The average Bonchev–Trinajstić information content (AvgIpc) is 2.62. The number of sulfonamides is 1. The van der Waals surface area contributed by atoms with Crippen molar-refractivity contribution < 1.29 is 13.5 Å². The highest BCUT2D eigenvalue weighted by molar-refractivity contribution is 7.89. The Balaban J connectivity index is 2.27. The molecule has 1 heterocycles. The van der Waals surface area contributed by atoms with Crippen LogP contribution in [0, 0.1) is 0 Å². The second-order valence-corrected chi connectivity index (χ2v) is 6.33. The molecule has 17 heavy (non-hydrogen) atoms. The average molecular weight is 258 g/mol. The molecule has 0 amide bonds. The van der Waals surface area contributed by atoms with E-state index in [4.69, 9.17) is 5.11 Å². The minimum Gasteiger partial charge on any atom is -0.395 e. The molecule has 0 unspecified atom stereocenters. The van der Waals surface area contributed by atoms with Crippen molar-refractivity contribution in [1.82, 2.24) is 8.87 Å². The number of hydrogen-bond acceptors (Lipinski definition) is 3. The Bertz CT molecular complexity index is 477. The summed E-state index contributed by atoms with van der Waals surface area (Å²) in [6.45, 7) is 0.0461. The van der Waals surface area contributed by atoms with Crippen LogP contribution < -0.4 is 0 Å². The van der Waals surface area contributed by atoms with Crippen LogP contribution in [0.4, 0.5) is 0 Å². The van der Waals surface area contributed by atoms with Gasteiger partial charge in [0.05, 0.1) is 11.5 Å². The molecular weight excluding hydrogens is 240 g/mol. The molecule has 0 spiro atoms. The number of aliphatic hydroxyl groups excluding tert-OH is 1. The Morgan fingerprint density at radius 2 is 2.24 bits per heavy atom. The van der Waals surface area contributed by atoms with Crippen LogP contribution in [0.2, 0.25) is 0 Å². The molecule has 1 saturated carbocycles. The highest BCUT2D eigenvalue weighted by Crippen LogP contribution is 2.29. The van der Waals surface area contributed by atoms with Gasteiger partial charge in [-0.25, -0.2) is 8.42 Å². The predicted octanol–water partition coefficient (Wildman–Crippen LogP) is 0.561. The van der Waals surface area contributed by atoms with Crippen molar-refractivity contribution in [2.45, 2.75) is 30.2 Å². The van der Waals surface area contributed by atoms with Gasteiger partial charge < -0.3 is 9.67 Å². The summed E-state index contributed by atoms with van der Waals surface area (Å²) < 4.78 is 27.9. The molecule has 0 bridgehead atoms. The lowest BCUT2D eigenvalue weighted by molar-refractivity contribution is 0.178. The van der Waals surface area contributed by atoms with Gasteiger partial charge in [-0.1, -0.05) is 6.42 Å². The zero-order chi connectivity index (χ0) is 12.5. The molecule has 1 aliphatic rings. The van der Waals surface area contributed by atoms with Gasteiger partial charge in [0.15, 0.2) is 0 Å². The molecule has 0 saturated heterocycles. The molecule has 1 fully saturated rings. The summed E-state index contributed by atoms with van der Waals surface area (Å²) in [4.78, 5) is 0.306. The van der Waals surface area contributed by atoms with E-state index < -0.39 is 10.0 Å². The van der Waals surface area contributed by atoms with E-state index >= 15 is 0 Å². The fourth-order valence-corrected chi connectivity index (χ4v) is 3.77. The third-order valence-electron chi connectivity index (χ3n) is 3.21. The number of hydrogen-bond donors (Lipinski definition) is 1. The van der Waals surface area contributed by atoms with Gasteiger partial charge in [0.2, 0.25) is 10.0 Å². The lowest BCUT2D eigenvalue weighted by Gasteiger charge is -2.35. The molecular formula is C11H18N2O3S. The maximum atomic E-state index is 12.4. The predicted molar refractivity (Wildman–Crippen MR) is 64.0 cm³/mol. The van der Waals surface area contributed by atoms with Crippen LogP contribution in [-0.2, 0) is 17.1 Å². The van der Waals surface area contributed by atoms with Gasteiger partial charge >= 0.3 is 0 Å². The molecule has 1 aliphatic carbocycles. The number of nitrogens with zero attached hydrogens (tertiary/aromatic N) is 2. The van der Waals surface area contributed by atoms with Crippen LogP contribution in [0.15, 0.2) is 23.4 Å². The normalized spacial score (nSPS) is 17.4. The quantitative estimate of drug-likeness (QED) is 0.839. The third kappa shape index (κ3) is 2.38. The number of aliphatic hydroxyl groups is 1. The Hall–Kier alpha value is -0.850. The lowest BCUT2D eigenvalue weighted by Crippen LogP contribution is -2.45. The number of aromatic nitrogens is 1. The minimum atomic E-state index is -3.45. The van der Waals surface area contributed by atoms with Crippen LogP contribution in [-0.4, -0.2) is 41.6 Å². The molecule has 0 aliphatic heterocycles. The monoisotopic (exact) mass is 258 g/mol. The standard InChI is InChI=1S/C11H18N2O3S/c1-12-6-5-11(9-12)17(15,16)13(7-8-14)10-3-2-4-10/h5-6,9-10,14H,2-4,7-8H2,1H3. The van der Waals surface area contributed by atoms with Crippen molar-refractivity contribution in [2.24, 2.45) is 7.05 Å². The molecule has 1 aromatic heterocycles. The molecule has 96 valence electrons. The van der Waals surface area contributed by atoms with Crippen LogP contribution in [0.25, 0.3) is 0 Å². The topological polar surface area (TPSA) is 62.5 Å². The van der Waals surface area contributed by atoms with Gasteiger partial charge in [0, 0.05) is 32.0 Å². The van der Waals surface area contributed by atoms with Crippen LogP contribution in [0.1, 0.15) is 19.3 Å². The van der Waals surface area contributed by atoms with E-state index in [9.17, 15) is 8.42 Å². The Morgan fingerprint density at radius 3 is 2.65 bits per heavy atom. The summed E-state index contributed by atoms with van der Waals surface area (Å²) in [5, 5.41) is 9.01. The summed E-state index contributed by atoms with van der Waals surface area (Å²) in [7, 11) is -1.66. The smallest absolute Gasteiger partial charge is 0.244 e. The van der Waals surface area contributed by atoms with Gasteiger partial charge in [0.1, 0.15) is 0 Å². The van der Waals surface area contributed by atoms with E-state index in [0.717, 1.165) is 19.3 Å². The zero-order valence-corrected chi connectivity index (χ0v) is 10.7. The maximum absolute atomic E-state index is 12.4. The van der Waals surface area contributed by atoms with Gasteiger partial charge in [-0.2, -0.15) is 4.31 Å². The second-order valence-electron chi connectivity index (χ2n) is 4.44. The number of aryl methyl sites for hydroxylation is 1. The Morgan fingerprint density at radius 1 is 1.53 bits per heavy atom.